The number of aryl methyl sites for hydroxylation is 1. The van der Waals surface area contributed by atoms with Gasteiger partial charge in [-0.05, 0) is 43.2 Å². The molecule has 1 N–H and O–H groups in total. The minimum Gasteiger partial charge on any atom is -0.478 e. The van der Waals surface area contributed by atoms with E-state index in [2.05, 4.69) is 0 Å². The molecule has 2 aromatic carbocycles. The molecule has 7 heteroatoms. The van der Waals surface area contributed by atoms with Crippen LogP contribution in [0, 0.1) is 5.82 Å². The van der Waals surface area contributed by atoms with Gasteiger partial charge in [0.15, 0.2) is 5.78 Å². The summed E-state index contributed by atoms with van der Waals surface area (Å²) in [5.74, 6) is -1.67. The van der Waals surface area contributed by atoms with Crippen LogP contribution in [0.1, 0.15) is 39.6 Å². The van der Waals surface area contributed by atoms with Gasteiger partial charge in [0.2, 0.25) is 5.91 Å². The van der Waals surface area contributed by atoms with Gasteiger partial charge in [-0.1, -0.05) is 18.2 Å². The van der Waals surface area contributed by atoms with E-state index in [9.17, 15) is 23.9 Å². The maximum absolute atomic E-state index is 14.3. The number of carboxylic acid groups (broad SMARTS) is 1. The first-order valence-electron chi connectivity index (χ1n) is 9.51. The molecule has 0 saturated carbocycles. The van der Waals surface area contributed by atoms with Crippen molar-refractivity contribution >= 4 is 23.3 Å². The first-order valence-corrected chi connectivity index (χ1v) is 9.51. The molecule has 152 valence electrons. The van der Waals surface area contributed by atoms with Crippen LogP contribution >= 0.6 is 0 Å². The standard InChI is InChI=1S/C22H23FN2O4/c1-15(26)17-6-8-20(19(23)14-17)24-10-12-25(13-11-24)21(27)9-7-16-4-2-3-5-18(16)22(28)29/h2-6,8,14H,7,9-13H2,1H3,(H,28,29). The number of piperazine rings is 1. The van der Waals surface area contributed by atoms with Gasteiger partial charge in [-0.15, -0.1) is 0 Å². The molecule has 2 aromatic rings. The highest BCUT2D eigenvalue weighted by Gasteiger charge is 2.23. The van der Waals surface area contributed by atoms with Crippen molar-refractivity contribution in [3.8, 4) is 0 Å². The van der Waals surface area contributed by atoms with Crippen molar-refractivity contribution in [1.82, 2.24) is 4.90 Å². The normalized spacial score (nSPS) is 14.0. The zero-order valence-electron chi connectivity index (χ0n) is 16.2. The maximum Gasteiger partial charge on any atom is 0.335 e. The van der Waals surface area contributed by atoms with Gasteiger partial charge in [0.25, 0.3) is 0 Å². The molecule has 0 radical (unpaired) electrons. The van der Waals surface area contributed by atoms with E-state index in [1.165, 1.54) is 19.1 Å². The van der Waals surface area contributed by atoms with Crippen LogP contribution in [0.3, 0.4) is 0 Å². The van der Waals surface area contributed by atoms with Gasteiger partial charge < -0.3 is 14.9 Å². The molecule has 0 aliphatic carbocycles. The summed E-state index contributed by atoms with van der Waals surface area (Å²) in [5, 5.41) is 9.24. The van der Waals surface area contributed by atoms with E-state index in [0.29, 0.717) is 49.4 Å². The number of halogens is 1. The van der Waals surface area contributed by atoms with Crippen molar-refractivity contribution < 1.29 is 23.9 Å². The summed E-state index contributed by atoms with van der Waals surface area (Å²) in [4.78, 5) is 38.8. The number of carbonyl (C=O) groups excluding carboxylic acids is 2. The third-order valence-corrected chi connectivity index (χ3v) is 5.18. The molecule has 0 bridgehead atoms. The molecule has 1 aliphatic rings. The second-order valence-corrected chi connectivity index (χ2v) is 7.05. The fourth-order valence-corrected chi connectivity index (χ4v) is 3.53. The Morgan fingerprint density at radius 2 is 1.72 bits per heavy atom. The predicted molar refractivity (Wildman–Crippen MR) is 107 cm³/mol. The summed E-state index contributed by atoms with van der Waals surface area (Å²) in [6.45, 7) is 3.32. The molecule has 1 amide bonds. The zero-order chi connectivity index (χ0) is 21.0. The molecule has 1 saturated heterocycles. The Balaban J connectivity index is 1.56. The van der Waals surface area contributed by atoms with E-state index in [4.69, 9.17) is 0 Å². The molecule has 29 heavy (non-hydrogen) atoms. The van der Waals surface area contributed by atoms with Crippen LogP contribution < -0.4 is 4.90 Å². The summed E-state index contributed by atoms with van der Waals surface area (Å²) in [5.41, 5.74) is 1.62. The smallest absolute Gasteiger partial charge is 0.335 e. The molecule has 0 atom stereocenters. The Kier molecular flexibility index (Phi) is 6.26. The summed E-state index contributed by atoms with van der Waals surface area (Å²) >= 11 is 0. The first kappa shape index (κ1) is 20.5. The van der Waals surface area contributed by atoms with Gasteiger partial charge in [-0.25, -0.2) is 9.18 Å². The number of benzene rings is 2. The van der Waals surface area contributed by atoms with E-state index < -0.39 is 11.8 Å². The zero-order valence-corrected chi connectivity index (χ0v) is 16.2. The van der Waals surface area contributed by atoms with E-state index in [1.807, 2.05) is 4.90 Å². The molecule has 0 spiro atoms. The van der Waals surface area contributed by atoms with Gasteiger partial charge in [-0.2, -0.15) is 0 Å². The van der Waals surface area contributed by atoms with Crippen molar-refractivity contribution in [2.24, 2.45) is 0 Å². The van der Waals surface area contributed by atoms with Crippen LogP contribution in [0.25, 0.3) is 0 Å². The van der Waals surface area contributed by atoms with E-state index in [1.54, 1.807) is 35.2 Å². The molecule has 3 rings (SSSR count). The third-order valence-electron chi connectivity index (χ3n) is 5.18. The van der Waals surface area contributed by atoms with Crippen molar-refractivity contribution in [1.29, 1.82) is 0 Å². The minimum absolute atomic E-state index is 0.0442. The van der Waals surface area contributed by atoms with Crippen molar-refractivity contribution in [2.45, 2.75) is 19.8 Å². The molecular formula is C22H23FN2O4. The van der Waals surface area contributed by atoms with Crippen LogP contribution in [0.2, 0.25) is 0 Å². The van der Waals surface area contributed by atoms with Crippen molar-refractivity contribution in [3.05, 3.63) is 65.0 Å². The monoisotopic (exact) mass is 398 g/mol. The van der Waals surface area contributed by atoms with E-state index in [-0.39, 0.29) is 23.7 Å². The third kappa shape index (κ3) is 4.80. The Morgan fingerprint density at radius 3 is 2.34 bits per heavy atom. The van der Waals surface area contributed by atoms with Crippen LogP contribution in [-0.4, -0.2) is 53.8 Å². The predicted octanol–water partition coefficient (Wildman–Crippen LogP) is 3.01. The summed E-state index contributed by atoms with van der Waals surface area (Å²) < 4.78 is 14.3. The van der Waals surface area contributed by atoms with E-state index in [0.717, 1.165) is 0 Å². The number of anilines is 1. The largest absolute Gasteiger partial charge is 0.478 e. The molecular weight excluding hydrogens is 375 g/mol. The number of carbonyl (C=O) groups is 3. The fraction of sp³-hybridized carbons (Fsp3) is 0.318. The van der Waals surface area contributed by atoms with Gasteiger partial charge in [-0.3, -0.25) is 9.59 Å². The maximum atomic E-state index is 14.3. The number of carboxylic acids is 1. The van der Waals surface area contributed by atoms with Gasteiger partial charge in [0.05, 0.1) is 11.3 Å². The molecule has 1 heterocycles. The lowest BCUT2D eigenvalue weighted by molar-refractivity contribution is -0.131. The minimum atomic E-state index is -1.00. The topological polar surface area (TPSA) is 77.9 Å². The molecule has 1 fully saturated rings. The number of amides is 1. The first-order chi connectivity index (χ1) is 13.9. The number of ketones is 1. The summed E-state index contributed by atoms with van der Waals surface area (Å²) in [7, 11) is 0. The second kappa shape index (κ2) is 8.86. The lowest BCUT2D eigenvalue weighted by Crippen LogP contribution is -2.49. The highest BCUT2D eigenvalue weighted by Crippen LogP contribution is 2.22. The average Bonchev–Trinajstić information content (AvgIpc) is 2.72. The lowest BCUT2D eigenvalue weighted by atomic mass is 10.0. The van der Waals surface area contributed by atoms with E-state index >= 15 is 0 Å². The number of hydrogen-bond donors (Lipinski definition) is 1. The van der Waals surface area contributed by atoms with Crippen molar-refractivity contribution in [3.63, 3.8) is 0 Å². The molecule has 1 aliphatic heterocycles. The van der Waals surface area contributed by atoms with Crippen molar-refractivity contribution in [2.75, 3.05) is 31.1 Å². The van der Waals surface area contributed by atoms with Crippen LogP contribution in [0.5, 0.6) is 0 Å². The Labute approximate surface area is 168 Å². The number of nitrogens with zero attached hydrogens (tertiary/aromatic N) is 2. The second-order valence-electron chi connectivity index (χ2n) is 7.05. The number of rotatable bonds is 6. The Morgan fingerprint density at radius 1 is 1.03 bits per heavy atom. The summed E-state index contributed by atoms with van der Waals surface area (Å²) in [6, 6.07) is 11.1. The average molecular weight is 398 g/mol. The molecule has 0 aromatic heterocycles. The highest BCUT2D eigenvalue weighted by atomic mass is 19.1. The van der Waals surface area contributed by atoms with Gasteiger partial charge >= 0.3 is 5.97 Å². The SMILES string of the molecule is CC(=O)c1ccc(N2CCN(C(=O)CCc3ccccc3C(=O)O)CC2)c(F)c1. The molecule has 6 nitrogen and oxygen atoms in total. The Bertz CT molecular complexity index is 936. The number of hydrogen-bond acceptors (Lipinski definition) is 4. The lowest BCUT2D eigenvalue weighted by Gasteiger charge is -2.36. The number of aromatic carboxylic acids is 1. The highest BCUT2D eigenvalue weighted by molar-refractivity contribution is 5.94. The number of Topliss-reactive ketones (excluding diaryl/α,β-unsaturated/α-hetero) is 1. The van der Waals surface area contributed by atoms with Crippen LogP contribution in [0.4, 0.5) is 10.1 Å². The van der Waals surface area contributed by atoms with Gasteiger partial charge in [0.1, 0.15) is 5.82 Å². The fourth-order valence-electron chi connectivity index (χ4n) is 3.53. The summed E-state index contributed by atoms with van der Waals surface area (Å²) in [6.07, 6.45) is 0.592. The van der Waals surface area contributed by atoms with Crippen LogP contribution in [-0.2, 0) is 11.2 Å². The Hall–Kier alpha value is -3.22. The quantitative estimate of drug-likeness (QED) is 0.757. The van der Waals surface area contributed by atoms with Gasteiger partial charge in [0, 0.05) is 38.2 Å². The van der Waals surface area contributed by atoms with Crippen LogP contribution in [0.15, 0.2) is 42.5 Å². The molecule has 0 unspecified atom stereocenters.